The Bertz CT molecular complexity index is 2860. The summed E-state index contributed by atoms with van der Waals surface area (Å²) in [4.78, 5) is 15.8. The monoisotopic (exact) mass is 641 g/mol. The Kier molecular flexibility index (Phi) is 6.42. The van der Waals surface area contributed by atoms with Crippen molar-refractivity contribution in [1.82, 2.24) is 15.0 Å². The Hall–Kier alpha value is -6.85. The molecular weight excluding hydrogens is 615 g/mol. The molecule has 50 heavy (non-hydrogen) atoms. The second-order valence-corrected chi connectivity index (χ2v) is 12.4. The van der Waals surface area contributed by atoms with Gasteiger partial charge >= 0.3 is 0 Å². The van der Waals surface area contributed by atoms with Gasteiger partial charge < -0.3 is 8.83 Å². The van der Waals surface area contributed by atoms with Crippen molar-refractivity contribution in [3.8, 4) is 56.4 Å². The highest BCUT2D eigenvalue weighted by atomic mass is 16.3. The van der Waals surface area contributed by atoms with E-state index in [-0.39, 0.29) is 0 Å². The van der Waals surface area contributed by atoms with Crippen LogP contribution in [-0.4, -0.2) is 15.0 Å². The number of hydrogen-bond donors (Lipinski definition) is 0. The highest BCUT2D eigenvalue weighted by Crippen LogP contribution is 2.44. The van der Waals surface area contributed by atoms with Crippen molar-refractivity contribution in [1.29, 1.82) is 0 Å². The molecule has 0 aliphatic heterocycles. The fourth-order valence-electron chi connectivity index (χ4n) is 7.06. The minimum absolute atomic E-state index is 0.562. The lowest BCUT2D eigenvalue weighted by molar-refractivity contribution is 0.668. The topological polar surface area (TPSA) is 65.0 Å². The van der Waals surface area contributed by atoms with E-state index < -0.39 is 0 Å². The summed E-state index contributed by atoms with van der Waals surface area (Å²) in [6, 6.07) is 55.6. The van der Waals surface area contributed by atoms with Crippen molar-refractivity contribution in [3.05, 3.63) is 164 Å². The zero-order valence-electron chi connectivity index (χ0n) is 26.7. The van der Waals surface area contributed by atoms with Crippen LogP contribution in [0.25, 0.3) is 100 Å². The number of para-hydroxylation sites is 2. The molecule has 0 amide bonds. The van der Waals surface area contributed by atoms with E-state index in [0.29, 0.717) is 17.5 Å². The zero-order chi connectivity index (χ0) is 33.0. The van der Waals surface area contributed by atoms with Gasteiger partial charge in [-0.25, -0.2) is 15.0 Å². The van der Waals surface area contributed by atoms with Crippen LogP contribution < -0.4 is 0 Å². The van der Waals surface area contributed by atoms with Crippen molar-refractivity contribution in [2.75, 3.05) is 0 Å². The minimum Gasteiger partial charge on any atom is -0.456 e. The molecule has 234 valence electrons. The molecule has 7 aromatic carbocycles. The fraction of sp³-hybridized carbons (Fsp3) is 0. The first kappa shape index (κ1) is 28.2. The smallest absolute Gasteiger partial charge is 0.165 e. The molecule has 10 rings (SSSR count). The van der Waals surface area contributed by atoms with Crippen LogP contribution in [0, 0.1) is 0 Å². The molecule has 0 aliphatic rings. The summed E-state index contributed by atoms with van der Waals surface area (Å²) in [5.74, 6) is 1.71. The fourth-order valence-corrected chi connectivity index (χ4v) is 7.06. The van der Waals surface area contributed by atoms with Gasteiger partial charge in [-0.05, 0) is 58.7 Å². The summed E-state index contributed by atoms with van der Waals surface area (Å²) in [5, 5.41) is 3.95. The van der Waals surface area contributed by atoms with Gasteiger partial charge in [-0.1, -0.05) is 127 Å². The van der Waals surface area contributed by atoms with Crippen LogP contribution in [0.2, 0.25) is 0 Å². The third-order valence-corrected chi connectivity index (χ3v) is 9.35. The molecule has 5 nitrogen and oxygen atoms in total. The average molecular weight is 642 g/mol. The Morgan fingerprint density at radius 3 is 1.56 bits per heavy atom. The average Bonchev–Trinajstić information content (AvgIpc) is 3.76. The Balaban J connectivity index is 1.34. The SMILES string of the molecule is c1ccc(-c2cc(-c3nc(-c4ccccc4)nc(-c4c(-c5ccccc5)ccc5oc6ccccc6c45)n3)c3c(c2)oc2ccccc23)cc1. The molecule has 5 heteroatoms. The predicted molar refractivity (Wildman–Crippen MR) is 202 cm³/mol. The number of nitrogens with zero attached hydrogens (tertiary/aromatic N) is 3. The molecule has 0 saturated carbocycles. The number of aromatic nitrogens is 3. The summed E-state index contributed by atoms with van der Waals surface area (Å²) in [5.41, 5.74) is 10.0. The molecule has 0 spiro atoms. The highest BCUT2D eigenvalue weighted by molar-refractivity contribution is 6.16. The third kappa shape index (κ3) is 4.60. The second-order valence-electron chi connectivity index (χ2n) is 12.4. The van der Waals surface area contributed by atoms with Crippen molar-refractivity contribution in [2.45, 2.75) is 0 Å². The molecule has 0 bridgehead atoms. The van der Waals surface area contributed by atoms with E-state index in [4.69, 9.17) is 23.8 Å². The Labute approximate surface area is 287 Å². The van der Waals surface area contributed by atoms with Gasteiger partial charge in [-0.15, -0.1) is 0 Å². The van der Waals surface area contributed by atoms with Gasteiger partial charge in [-0.3, -0.25) is 0 Å². The lowest BCUT2D eigenvalue weighted by Crippen LogP contribution is -2.02. The van der Waals surface area contributed by atoms with Gasteiger partial charge in [0.1, 0.15) is 22.3 Å². The summed E-state index contributed by atoms with van der Waals surface area (Å²) in [7, 11) is 0. The highest BCUT2D eigenvalue weighted by Gasteiger charge is 2.24. The molecule has 0 N–H and O–H groups in total. The molecular formula is C45H27N3O2. The minimum atomic E-state index is 0.562. The van der Waals surface area contributed by atoms with Gasteiger partial charge in [-0.2, -0.15) is 0 Å². The van der Waals surface area contributed by atoms with Crippen LogP contribution in [-0.2, 0) is 0 Å². The molecule has 0 saturated heterocycles. The zero-order valence-corrected chi connectivity index (χ0v) is 26.7. The summed E-state index contributed by atoms with van der Waals surface area (Å²) >= 11 is 0. The number of furan rings is 2. The first-order valence-corrected chi connectivity index (χ1v) is 16.6. The van der Waals surface area contributed by atoms with Crippen molar-refractivity contribution in [3.63, 3.8) is 0 Å². The van der Waals surface area contributed by atoms with Crippen LogP contribution in [0.3, 0.4) is 0 Å². The van der Waals surface area contributed by atoms with Crippen LogP contribution in [0.5, 0.6) is 0 Å². The van der Waals surface area contributed by atoms with E-state index in [2.05, 4.69) is 66.7 Å². The Morgan fingerprint density at radius 2 is 0.860 bits per heavy atom. The quantitative estimate of drug-likeness (QED) is 0.187. The van der Waals surface area contributed by atoms with Crippen LogP contribution >= 0.6 is 0 Å². The molecule has 0 unspecified atom stereocenters. The number of benzene rings is 7. The van der Waals surface area contributed by atoms with Gasteiger partial charge in [0.05, 0.1) is 0 Å². The van der Waals surface area contributed by atoms with Gasteiger partial charge in [0.15, 0.2) is 17.5 Å². The van der Waals surface area contributed by atoms with Crippen molar-refractivity contribution in [2.24, 2.45) is 0 Å². The van der Waals surface area contributed by atoms with Gasteiger partial charge in [0.25, 0.3) is 0 Å². The maximum Gasteiger partial charge on any atom is 0.165 e. The van der Waals surface area contributed by atoms with E-state index in [9.17, 15) is 0 Å². The van der Waals surface area contributed by atoms with Gasteiger partial charge in [0, 0.05) is 38.2 Å². The summed E-state index contributed by atoms with van der Waals surface area (Å²) in [6.07, 6.45) is 0. The van der Waals surface area contributed by atoms with E-state index in [1.54, 1.807) is 0 Å². The van der Waals surface area contributed by atoms with Crippen LogP contribution in [0.4, 0.5) is 0 Å². The Morgan fingerprint density at radius 1 is 0.320 bits per heavy atom. The molecule has 0 radical (unpaired) electrons. The predicted octanol–water partition coefficient (Wildman–Crippen LogP) is 12.0. The lowest BCUT2D eigenvalue weighted by atomic mass is 9.94. The van der Waals surface area contributed by atoms with Crippen LogP contribution in [0.1, 0.15) is 0 Å². The van der Waals surface area contributed by atoms with Crippen molar-refractivity contribution < 1.29 is 8.83 Å². The van der Waals surface area contributed by atoms with Crippen molar-refractivity contribution >= 4 is 43.9 Å². The first-order valence-electron chi connectivity index (χ1n) is 16.6. The number of fused-ring (bicyclic) bond motifs is 6. The van der Waals surface area contributed by atoms with E-state index in [1.807, 2.05) is 97.1 Å². The molecule has 0 atom stereocenters. The van der Waals surface area contributed by atoms with E-state index >= 15 is 0 Å². The number of hydrogen-bond acceptors (Lipinski definition) is 5. The molecule has 0 fully saturated rings. The molecule has 0 aliphatic carbocycles. The largest absolute Gasteiger partial charge is 0.456 e. The molecule has 10 aromatic rings. The van der Waals surface area contributed by atoms with Crippen LogP contribution in [0.15, 0.2) is 173 Å². The first-order chi connectivity index (χ1) is 24.8. The van der Waals surface area contributed by atoms with Gasteiger partial charge in [0.2, 0.25) is 0 Å². The normalized spacial score (nSPS) is 11.6. The lowest BCUT2D eigenvalue weighted by Gasteiger charge is -2.14. The summed E-state index contributed by atoms with van der Waals surface area (Å²) in [6.45, 7) is 0. The maximum absolute atomic E-state index is 6.50. The standard InChI is InChI=1S/C45H27N3O2/c1-4-14-28(15-5-1)31-26-35(40-33-20-10-12-22-36(33)50-39(40)27-31)44-46-43(30-18-8-3-9-19-30)47-45(48-44)42-32(29-16-6-2-7-17-29)24-25-38-41(42)34-21-11-13-23-37(34)49-38/h1-27H. The maximum atomic E-state index is 6.50. The van der Waals surface area contributed by atoms with E-state index in [0.717, 1.165) is 82.8 Å². The van der Waals surface area contributed by atoms with E-state index in [1.165, 1.54) is 0 Å². The summed E-state index contributed by atoms with van der Waals surface area (Å²) < 4.78 is 12.9. The number of rotatable bonds is 5. The molecule has 3 aromatic heterocycles. The second kappa shape index (κ2) is 11.4. The third-order valence-electron chi connectivity index (χ3n) is 9.35. The molecule has 3 heterocycles.